The van der Waals surface area contributed by atoms with Crippen molar-refractivity contribution >= 4 is 5.91 Å². The van der Waals surface area contributed by atoms with Crippen molar-refractivity contribution in [2.45, 2.75) is 38.8 Å². The first-order valence-corrected chi connectivity index (χ1v) is 8.59. The SMILES string of the molecule is Cc1nnc2n1CC(NC(=O)Cc1ccc(-n3cccc3)cc1)CC2. The summed E-state index contributed by atoms with van der Waals surface area (Å²) in [6.07, 6.45) is 6.18. The molecular weight excluding hydrogens is 314 g/mol. The van der Waals surface area contributed by atoms with E-state index in [1.165, 1.54) is 0 Å². The lowest BCUT2D eigenvalue weighted by Gasteiger charge is -2.25. The van der Waals surface area contributed by atoms with Gasteiger partial charge in [0.1, 0.15) is 11.6 Å². The lowest BCUT2D eigenvalue weighted by atomic mass is 10.1. The molecule has 128 valence electrons. The minimum atomic E-state index is 0.0629. The first-order valence-electron chi connectivity index (χ1n) is 8.59. The monoisotopic (exact) mass is 335 g/mol. The van der Waals surface area contributed by atoms with E-state index in [1.54, 1.807) is 0 Å². The lowest BCUT2D eigenvalue weighted by Crippen LogP contribution is -2.41. The van der Waals surface area contributed by atoms with Gasteiger partial charge in [-0.2, -0.15) is 0 Å². The van der Waals surface area contributed by atoms with Crippen LogP contribution < -0.4 is 5.32 Å². The van der Waals surface area contributed by atoms with Crippen LogP contribution in [0.25, 0.3) is 5.69 Å². The summed E-state index contributed by atoms with van der Waals surface area (Å²) in [5.41, 5.74) is 2.11. The number of rotatable bonds is 4. The Labute approximate surface area is 146 Å². The maximum Gasteiger partial charge on any atom is 0.224 e. The van der Waals surface area contributed by atoms with Gasteiger partial charge in [-0.25, -0.2) is 0 Å². The predicted octanol–water partition coefficient (Wildman–Crippen LogP) is 2.05. The smallest absolute Gasteiger partial charge is 0.224 e. The number of aromatic nitrogens is 4. The average Bonchev–Trinajstić information content (AvgIpc) is 3.26. The zero-order valence-electron chi connectivity index (χ0n) is 14.2. The molecule has 2 aromatic heterocycles. The second kappa shape index (κ2) is 6.55. The van der Waals surface area contributed by atoms with E-state index in [4.69, 9.17) is 0 Å². The summed E-state index contributed by atoms with van der Waals surface area (Å²) >= 11 is 0. The van der Waals surface area contributed by atoms with Crippen molar-refractivity contribution in [1.82, 2.24) is 24.6 Å². The van der Waals surface area contributed by atoms with E-state index in [9.17, 15) is 4.79 Å². The van der Waals surface area contributed by atoms with Crippen LogP contribution in [0, 0.1) is 6.92 Å². The molecule has 1 amide bonds. The van der Waals surface area contributed by atoms with Crippen LogP contribution in [0.4, 0.5) is 0 Å². The molecule has 25 heavy (non-hydrogen) atoms. The molecule has 0 aliphatic carbocycles. The number of hydrogen-bond donors (Lipinski definition) is 1. The van der Waals surface area contributed by atoms with Crippen molar-refractivity contribution < 1.29 is 4.79 Å². The van der Waals surface area contributed by atoms with Gasteiger partial charge < -0.3 is 14.5 Å². The molecule has 6 nitrogen and oxygen atoms in total. The van der Waals surface area contributed by atoms with Crippen LogP contribution in [0.2, 0.25) is 0 Å². The van der Waals surface area contributed by atoms with Gasteiger partial charge in [0, 0.05) is 37.1 Å². The average molecular weight is 335 g/mol. The molecule has 0 saturated heterocycles. The van der Waals surface area contributed by atoms with Crippen LogP contribution in [0.5, 0.6) is 0 Å². The van der Waals surface area contributed by atoms with Gasteiger partial charge in [-0.15, -0.1) is 10.2 Å². The Balaban J connectivity index is 1.36. The Morgan fingerprint density at radius 3 is 2.72 bits per heavy atom. The predicted molar refractivity (Wildman–Crippen MR) is 94.5 cm³/mol. The van der Waals surface area contributed by atoms with Crippen LogP contribution in [0.15, 0.2) is 48.8 Å². The van der Waals surface area contributed by atoms with Crippen LogP contribution >= 0.6 is 0 Å². The standard InChI is InChI=1S/C19H21N5O/c1-14-21-22-18-9-6-16(13-24(14)18)20-19(25)12-15-4-7-17(8-5-15)23-10-2-3-11-23/h2-5,7-8,10-11,16H,6,9,12-13H2,1H3,(H,20,25). The summed E-state index contributed by atoms with van der Waals surface area (Å²) in [5, 5.41) is 11.4. The van der Waals surface area contributed by atoms with Crippen molar-refractivity contribution in [3.63, 3.8) is 0 Å². The van der Waals surface area contributed by atoms with E-state index < -0.39 is 0 Å². The third-order valence-electron chi connectivity index (χ3n) is 4.70. The maximum atomic E-state index is 12.4. The Morgan fingerprint density at radius 1 is 1.20 bits per heavy atom. The summed E-state index contributed by atoms with van der Waals surface area (Å²) in [6, 6.07) is 12.2. The zero-order valence-corrected chi connectivity index (χ0v) is 14.2. The topological polar surface area (TPSA) is 64.7 Å². The number of amides is 1. The Kier molecular flexibility index (Phi) is 4.09. The molecule has 1 unspecified atom stereocenters. The number of carbonyl (C=O) groups is 1. The molecule has 6 heteroatoms. The number of nitrogens with one attached hydrogen (secondary N) is 1. The number of hydrogen-bond acceptors (Lipinski definition) is 3. The first kappa shape index (κ1) is 15.6. The number of aryl methyl sites for hydroxylation is 2. The van der Waals surface area contributed by atoms with Gasteiger partial charge in [0.15, 0.2) is 0 Å². The third kappa shape index (κ3) is 3.33. The molecule has 1 atom stereocenters. The molecule has 1 N–H and O–H groups in total. The molecular formula is C19H21N5O. The highest BCUT2D eigenvalue weighted by Crippen LogP contribution is 2.15. The minimum Gasteiger partial charge on any atom is -0.351 e. The molecule has 1 aromatic carbocycles. The van der Waals surface area contributed by atoms with Crippen molar-refractivity contribution in [3.8, 4) is 5.69 Å². The normalized spacial score (nSPS) is 16.4. The summed E-state index contributed by atoms with van der Waals surface area (Å²) in [7, 11) is 0. The van der Waals surface area contributed by atoms with Gasteiger partial charge in [0.05, 0.1) is 6.42 Å². The molecule has 0 spiro atoms. The third-order valence-corrected chi connectivity index (χ3v) is 4.70. The van der Waals surface area contributed by atoms with E-state index in [0.29, 0.717) is 6.42 Å². The van der Waals surface area contributed by atoms with E-state index in [1.807, 2.05) is 60.3 Å². The van der Waals surface area contributed by atoms with Gasteiger partial charge >= 0.3 is 0 Å². The molecule has 0 bridgehead atoms. The Hall–Kier alpha value is -2.89. The highest BCUT2D eigenvalue weighted by atomic mass is 16.1. The fourth-order valence-corrected chi connectivity index (χ4v) is 3.34. The summed E-state index contributed by atoms with van der Waals surface area (Å²) in [4.78, 5) is 12.4. The quantitative estimate of drug-likeness (QED) is 0.794. The van der Waals surface area contributed by atoms with Crippen LogP contribution in [-0.4, -0.2) is 31.3 Å². The zero-order chi connectivity index (χ0) is 17.2. The lowest BCUT2D eigenvalue weighted by molar-refractivity contribution is -0.121. The highest BCUT2D eigenvalue weighted by Gasteiger charge is 2.22. The van der Waals surface area contributed by atoms with E-state index >= 15 is 0 Å². The Morgan fingerprint density at radius 2 is 1.96 bits per heavy atom. The molecule has 1 aliphatic rings. The van der Waals surface area contributed by atoms with Crippen LogP contribution in [-0.2, 0) is 24.2 Å². The van der Waals surface area contributed by atoms with Gasteiger partial charge in [0.2, 0.25) is 5.91 Å². The van der Waals surface area contributed by atoms with Crippen molar-refractivity contribution in [3.05, 3.63) is 66.0 Å². The van der Waals surface area contributed by atoms with Crippen molar-refractivity contribution in [2.75, 3.05) is 0 Å². The van der Waals surface area contributed by atoms with Gasteiger partial charge in [-0.3, -0.25) is 4.79 Å². The molecule has 1 aliphatic heterocycles. The molecule has 0 radical (unpaired) electrons. The molecule has 0 saturated carbocycles. The number of fused-ring (bicyclic) bond motifs is 1. The number of nitrogens with zero attached hydrogens (tertiary/aromatic N) is 4. The summed E-state index contributed by atoms with van der Waals surface area (Å²) in [5.74, 6) is 1.99. The summed E-state index contributed by atoms with van der Waals surface area (Å²) < 4.78 is 4.14. The second-order valence-electron chi connectivity index (χ2n) is 6.51. The van der Waals surface area contributed by atoms with Crippen molar-refractivity contribution in [2.24, 2.45) is 0 Å². The second-order valence-corrected chi connectivity index (χ2v) is 6.51. The number of benzene rings is 1. The molecule has 0 fully saturated rings. The number of carbonyl (C=O) groups excluding carboxylic acids is 1. The van der Waals surface area contributed by atoms with E-state index in [2.05, 4.69) is 20.1 Å². The van der Waals surface area contributed by atoms with E-state index in [-0.39, 0.29) is 11.9 Å². The fourth-order valence-electron chi connectivity index (χ4n) is 3.34. The van der Waals surface area contributed by atoms with Crippen LogP contribution in [0.1, 0.15) is 23.6 Å². The minimum absolute atomic E-state index is 0.0629. The summed E-state index contributed by atoms with van der Waals surface area (Å²) in [6.45, 7) is 2.71. The van der Waals surface area contributed by atoms with Crippen LogP contribution in [0.3, 0.4) is 0 Å². The van der Waals surface area contributed by atoms with Gasteiger partial charge in [-0.1, -0.05) is 12.1 Å². The van der Waals surface area contributed by atoms with Gasteiger partial charge in [0.25, 0.3) is 0 Å². The molecule has 3 aromatic rings. The first-order chi connectivity index (χ1) is 12.2. The maximum absolute atomic E-state index is 12.4. The van der Waals surface area contributed by atoms with Gasteiger partial charge in [-0.05, 0) is 43.2 Å². The molecule has 4 rings (SSSR count). The fraction of sp³-hybridized carbons (Fsp3) is 0.316. The molecule has 3 heterocycles. The Bertz CT molecular complexity index is 864. The van der Waals surface area contributed by atoms with E-state index in [0.717, 1.165) is 42.3 Å². The largest absolute Gasteiger partial charge is 0.351 e. The van der Waals surface area contributed by atoms with Crippen molar-refractivity contribution in [1.29, 1.82) is 0 Å². The highest BCUT2D eigenvalue weighted by molar-refractivity contribution is 5.78.